The van der Waals surface area contributed by atoms with Crippen LogP contribution in [0.15, 0.2) is 36.4 Å². The van der Waals surface area contributed by atoms with Crippen molar-refractivity contribution in [3.8, 4) is 0 Å². The maximum absolute atomic E-state index is 12.5. The Morgan fingerprint density at radius 3 is 2.43 bits per heavy atom. The highest BCUT2D eigenvalue weighted by Gasteiger charge is 2.41. The van der Waals surface area contributed by atoms with Gasteiger partial charge in [0.1, 0.15) is 0 Å². The molecule has 0 radical (unpaired) electrons. The minimum absolute atomic E-state index is 0.000851. The van der Waals surface area contributed by atoms with E-state index in [1.807, 2.05) is 42.5 Å². The number of hydrogen-bond donors (Lipinski definition) is 0. The monoisotopic (exact) mass is 283 g/mol. The molecule has 21 heavy (non-hydrogen) atoms. The second-order valence-electron chi connectivity index (χ2n) is 5.97. The number of carbonyl (C=O) groups is 2. The van der Waals surface area contributed by atoms with Gasteiger partial charge in [-0.1, -0.05) is 61.7 Å². The van der Waals surface area contributed by atoms with Crippen molar-refractivity contribution in [3.05, 3.63) is 42.0 Å². The summed E-state index contributed by atoms with van der Waals surface area (Å²) in [6.45, 7) is 0. The number of carbonyl (C=O) groups excluding carboxylic acids is 2. The molecular formula is C18H21NO2. The van der Waals surface area contributed by atoms with Crippen LogP contribution in [-0.2, 0) is 9.59 Å². The second kappa shape index (κ2) is 6.25. The van der Waals surface area contributed by atoms with Gasteiger partial charge in [-0.15, -0.1) is 0 Å². The van der Waals surface area contributed by atoms with Crippen LogP contribution in [0.5, 0.6) is 0 Å². The number of imide groups is 1. The molecule has 1 aromatic carbocycles. The third kappa shape index (κ3) is 3.07. The maximum atomic E-state index is 12.5. The highest BCUT2D eigenvalue weighted by atomic mass is 16.2. The molecule has 1 heterocycles. The van der Waals surface area contributed by atoms with Crippen LogP contribution in [0.25, 0.3) is 6.08 Å². The van der Waals surface area contributed by atoms with Gasteiger partial charge >= 0.3 is 0 Å². The predicted molar refractivity (Wildman–Crippen MR) is 82.3 cm³/mol. The summed E-state index contributed by atoms with van der Waals surface area (Å²) in [4.78, 5) is 26.2. The fourth-order valence-corrected chi connectivity index (χ4v) is 3.34. The van der Waals surface area contributed by atoms with E-state index in [0.29, 0.717) is 6.42 Å². The zero-order valence-electron chi connectivity index (χ0n) is 12.2. The number of hydrogen-bond acceptors (Lipinski definition) is 2. The van der Waals surface area contributed by atoms with Crippen molar-refractivity contribution in [2.45, 2.75) is 44.6 Å². The molecule has 0 spiro atoms. The van der Waals surface area contributed by atoms with Gasteiger partial charge in [-0.2, -0.15) is 0 Å². The minimum atomic E-state index is -0.278. The molecule has 1 saturated carbocycles. The Bertz CT molecular complexity index is 544. The lowest BCUT2D eigenvalue weighted by atomic mass is 9.94. The van der Waals surface area contributed by atoms with Crippen molar-refractivity contribution in [3.63, 3.8) is 0 Å². The summed E-state index contributed by atoms with van der Waals surface area (Å²) in [7, 11) is 0. The molecule has 1 aliphatic heterocycles. The van der Waals surface area contributed by atoms with Gasteiger partial charge in [0.05, 0.1) is 5.92 Å². The fourth-order valence-electron chi connectivity index (χ4n) is 3.34. The predicted octanol–water partition coefficient (Wildman–Crippen LogP) is 3.41. The number of amides is 2. The van der Waals surface area contributed by atoms with Crippen molar-refractivity contribution in [2.75, 3.05) is 0 Å². The SMILES string of the molecule is O=C1CC(/C=C/c2ccccc2)C(=O)N1C1CCCCC1. The van der Waals surface area contributed by atoms with Crippen molar-refractivity contribution in [2.24, 2.45) is 5.92 Å². The van der Waals surface area contributed by atoms with E-state index in [4.69, 9.17) is 0 Å². The van der Waals surface area contributed by atoms with Gasteiger partial charge in [-0.3, -0.25) is 14.5 Å². The first kappa shape index (κ1) is 14.1. The molecule has 0 bridgehead atoms. The van der Waals surface area contributed by atoms with Gasteiger partial charge < -0.3 is 0 Å². The first-order valence-corrected chi connectivity index (χ1v) is 7.85. The lowest BCUT2D eigenvalue weighted by molar-refractivity contribution is -0.142. The number of likely N-dealkylation sites (tertiary alicyclic amines) is 1. The van der Waals surface area contributed by atoms with Gasteiger partial charge in [0.25, 0.3) is 0 Å². The minimum Gasteiger partial charge on any atom is -0.279 e. The number of rotatable bonds is 3. The molecule has 2 amide bonds. The molecule has 0 N–H and O–H groups in total. The normalized spacial score (nSPS) is 24.2. The van der Waals surface area contributed by atoms with E-state index >= 15 is 0 Å². The molecule has 3 rings (SSSR count). The van der Waals surface area contributed by atoms with E-state index in [9.17, 15) is 9.59 Å². The van der Waals surface area contributed by atoms with Gasteiger partial charge in [0.15, 0.2) is 0 Å². The van der Waals surface area contributed by atoms with E-state index in [2.05, 4.69) is 0 Å². The first-order chi connectivity index (χ1) is 10.3. The van der Waals surface area contributed by atoms with Crippen LogP contribution in [0.2, 0.25) is 0 Å². The van der Waals surface area contributed by atoms with Crippen molar-refractivity contribution < 1.29 is 9.59 Å². The lowest BCUT2D eigenvalue weighted by Gasteiger charge is -2.29. The highest BCUT2D eigenvalue weighted by Crippen LogP contribution is 2.30. The molecule has 1 saturated heterocycles. The van der Waals surface area contributed by atoms with Crippen LogP contribution in [0.1, 0.15) is 44.1 Å². The van der Waals surface area contributed by atoms with Crippen LogP contribution < -0.4 is 0 Å². The Hall–Kier alpha value is -1.90. The van der Waals surface area contributed by atoms with Crippen LogP contribution in [0, 0.1) is 5.92 Å². The Morgan fingerprint density at radius 2 is 1.71 bits per heavy atom. The molecule has 2 aliphatic rings. The van der Waals surface area contributed by atoms with E-state index in [0.717, 1.165) is 31.2 Å². The van der Waals surface area contributed by atoms with E-state index in [1.165, 1.54) is 6.42 Å². The molecule has 0 aromatic heterocycles. The fraction of sp³-hybridized carbons (Fsp3) is 0.444. The summed E-state index contributed by atoms with van der Waals surface area (Å²) in [5, 5.41) is 0. The maximum Gasteiger partial charge on any atom is 0.236 e. The molecule has 1 atom stereocenters. The Labute approximate surface area is 125 Å². The highest BCUT2D eigenvalue weighted by molar-refractivity contribution is 6.05. The molecule has 110 valence electrons. The third-order valence-corrected chi connectivity index (χ3v) is 4.48. The van der Waals surface area contributed by atoms with Crippen LogP contribution in [0.3, 0.4) is 0 Å². The summed E-state index contributed by atoms with van der Waals surface area (Å²) in [5.41, 5.74) is 1.06. The van der Waals surface area contributed by atoms with E-state index in [1.54, 1.807) is 4.90 Å². The smallest absolute Gasteiger partial charge is 0.236 e. The molecule has 3 heteroatoms. The summed E-state index contributed by atoms with van der Waals surface area (Å²) in [5.74, 6) is -0.270. The van der Waals surface area contributed by atoms with E-state index < -0.39 is 0 Å². The van der Waals surface area contributed by atoms with Crippen molar-refractivity contribution in [1.82, 2.24) is 4.90 Å². The van der Waals surface area contributed by atoms with Crippen LogP contribution in [-0.4, -0.2) is 22.8 Å². The number of nitrogens with zero attached hydrogens (tertiary/aromatic N) is 1. The molecule has 1 unspecified atom stereocenters. The average Bonchev–Trinajstić information content (AvgIpc) is 2.81. The van der Waals surface area contributed by atoms with Gasteiger partial charge in [-0.05, 0) is 18.4 Å². The van der Waals surface area contributed by atoms with Gasteiger partial charge in [0.2, 0.25) is 11.8 Å². The average molecular weight is 283 g/mol. The molecule has 3 nitrogen and oxygen atoms in total. The first-order valence-electron chi connectivity index (χ1n) is 7.85. The van der Waals surface area contributed by atoms with E-state index in [-0.39, 0.29) is 23.8 Å². The topological polar surface area (TPSA) is 37.4 Å². The summed E-state index contributed by atoms with van der Waals surface area (Å²) in [6, 6.07) is 10.0. The molecule has 2 fully saturated rings. The van der Waals surface area contributed by atoms with Gasteiger partial charge in [0, 0.05) is 12.5 Å². The Balaban J connectivity index is 1.70. The van der Waals surface area contributed by atoms with Crippen LogP contribution in [0.4, 0.5) is 0 Å². The molecular weight excluding hydrogens is 262 g/mol. The van der Waals surface area contributed by atoms with Crippen LogP contribution >= 0.6 is 0 Å². The summed E-state index contributed by atoms with van der Waals surface area (Å²) >= 11 is 0. The van der Waals surface area contributed by atoms with Crippen molar-refractivity contribution in [1.29, 1.82) is 0 Å². The molecule has 1 aliphatic carbocycles. The third-order valence-electron chi connectivity index (χ3n) is 4.48. The van der Waals surface area contributed by atoms with Gasteiger partial charge in [-0.25, -0.2) is 0 Å². The Kier molecular flexibility index (Phi) is 4.18. The quantitative estimate of drug-likeness (QED) is 0.797. The summed E-state index contributed by atoms with van der Waals surface area (Å²) < 4.78 is 0. The second-order valence-corrected chi connectivity index (χ2v) is 5.97. The molecule has 1 aromatic rings. The standard InChI is InChI=1S/C18H21NO2/c20-17-13-15(12-11-14-7-3-1-4-8-14)18(21)19(17)16-9-5-2-6-10-16/h1,3-4,7-8,11-12,15-16H,2,5-6,9-10,13H2/b12-11+. The lowest BCUT2D eigenvalue weighted by Crippen LogP contribution is -2.41. The number of benzene rings is 1. The largest absolute Gasteiger partial charge is 0.279 e. The summed E-state index contributed by atoms with van der Waals surface area (Å²) in [6.07, 6.45) is 9.61. The van der Waals surface area contributed by atoms with Crippen molar-refractivity contribution >= 4 is 17.9 Å². The zero-order chi connectivity index (χ0) is 14.7. The Morgan fingerprint density at radius 1 is 1.00 bits per heavy atom. The zero-order valence-corrected chi connectivity index (χ0v) is 12.2.